The molecule has 1 aliphatic carbocycles. The number of ether oxygens (including phenoxy) is 2. The van der Waals surface area contributed by atoms with E-state index in [2.05, 4.69) is 50.1 Å². The summed E-state index contributed by atoms with van der Waals surface area (Å²) < 4.78 is 11.2. The highest BCUT2D eigenvalue weighted by Crippen LogP contribution is 2.20. The molecule has 4 N–H and O–H groups in total. The van der Waals surface area contributed by atoms with Gasteiger partial charge in [0, 0.05) is 30.7 Å². The third-order valence-electron chi connectivity index (χ3n) is 5.71. The molecule has 3 rings (SSSR count). The van der Waals surface area contributed by atoms with Gasteiger partial charge in [0.25, 0.3) is 5.91 Å². The molecule has 1 saturated carbocycles. The van der Waals surface area contributed by atoms with E-state index in [0.717, 1.165) is 12.8 Å². The van der Waals surface area contributed by atoms with E-state index in [1.165, 1.54) is 25.7 Å². The predicted octanol–water partition coefficient (Wildman–Crippen LogP) is 3.70. The first-order valence-corrected chi connectivity index (χ1v) is 13.1. The standard InChI is InChI=1S/C26H41N7O3/c1-20(2)29-25-31-24(32-26(33-25)30-22-12-8-3-4-9-13-22)28-15-17-36-19-18-35-16-14-27-23(34)21-10-6-5-7-11-21/h5-7,10-11,20,22H,3-4,8-9,12-19H2,1-2H3,(H,27,34)(H3,28,29,30,31,32,33). The largest absolute Gasteiger partial charge is 0.377 e. The fourth-order valence-corrected chi connectivity index (χ4v) is 3.93. The predicted molar refractivity (Wildman–Crippen MR) is 143 cm³/mol. The Bertz CT molecular complexity index is 890. The molecule has 0 bridgehead atoms. The molecule has 0 unspecified atom stereocenters. The van der Waals surface area contributed by atoms with Crippen molar-refractivity contribution in [2.45, 2.75) is 64.5 Å². The van der Waals surface area contributed by atoms with Gasteiger partial charge in [-0.2, -0.15) is 15.0 Å². The Kier molecular flexibility index (Phi) is 12.2. The van der Waals surface area contributed by atoms with E-state index in [1.807, 2.05) is 18.2 Å². The maximum Gasteiger partial charge on any atom is 0.251 e. The topological polar surface area (TPSA) is 122 Å². The number of nitrogens with one attached hydrogen (secondary N) is 4. The van der Waals surface area contributed by atoms with Gasteiger partial charge in [-0.05, 0) is 38.8 Å². The van der Waals surface area contributed by atoms with Crippen LogP contribution in [0.4, 0.5) is 17.8 Å². The number of carbonyl (C=O) groups is 1. The quantitative estimate of drug-likeness (QED) is 0.215. The summed E-state index contributed by atoms with van der Waals surface area (Å²) in [5, 5.41) is 12.8. The van der Waals surface area contributed by atoms with Crippen LogP contribution in [0.15, 0.2) is 30.3 Å². The summed E-state index contributed by atoms with van der Waals surface area (Å²) in [5.74, 6) is 1.60. The molecular weight excluding hydrogens is 458 g/mol. The minimum absolute atomic E-state index is 0.0980. The number of amides is 1. The number of benzene rings is 1. The van der Waals surface area contributed by atoms with Crippen molar-refractivity contribution < 1.29 is 14.3 Å². The fourth-order valence-electron chi connectivity index (χ4n) is 3.93. The highest BCUT2D eigenvalue weighted by molar-refractivity contribution is 5.94. The van der Waals surface area contributed by atoms with Crippen molar-refractivity contribution in [3.8, 4) is 0 Å². The van der Waals surface area contributed by atoms with Gasteiger partial charge in [-0.3, -0.25) is 4.79 Å². The molecule has 1 aromatic carbocycles. The van der Waals surface area contributed by atoms with Crippen LogP contribution in [0, 0.1) is 0 Å². The van der Waals surface area contributed by atoms with Crippen LogP contribution in [0.5, 0.6) is 0 Å². The van der Waals surface area contributed by atoms with Gasteiger partial charge in [0.1, 0.15) is 0 Å². The summed E-state index contributed by atoms with van der Waals surface area (Å²) in [6.07, 6.45) is 7.40. The lowest BCUT2D eigenvalue weighted by atomic mass is 10.1. The average molecular weight is 500 g/mol. The molecule has 0 saturated heterocycles. The molecule has 2 aromatic rings. The molecule has 10 heteroatoms. The molecule has 0 aliphatic heterocycles. The molecule has 1 aromatic heterocycles. The zero-order valence-electron chi connectivity index (χ0n) is 21.6. The summed E-state index contributed by atoms with van der Waals surface area (Å²) in [6, 6.07) is 9.76. The first-order valence-electron chi connectivity index (χ1n) is 13.1. The zero-order valence-corrected chi connectivity index (χ0v) is 21.6. The summed E-state index contributed by atoms with van der Waals surface area (Å²) >= 11 is 0. The van der Waals surface area contributed by atoms with Crippen molar-refractivity contribution in [3.05, 3.63) is 35.9 Å². The first-order chi connectivity index (χ1) is 17.6. The second-order valence-corrected chi connectivity index (χ2v) is 9.21. The molecule has 10 nitrogen and oxygen atoms in total. The van der Waals surface area contributed by atoms with Gasteiger partial charge >= 0.3 is 0 Å². The minimum Gasteiger partial charge on any atom is -0.377 e. The molecule has 1 heterocycles. The number of nitrogens with zero attached hydrogens (tertiary/aromatic N) is 3. The monoisotopic (exact) mass is 499 g/mol. The normalized spacial score (nSPS) is 14.3. The van der Waals surface area contributed by atoms with Crippen LogP contribution in [-0.2, 0) is 9.47 Å². The van der Waals surface area contributed by atoms with Gasteiger partial charge in [-0.1, -0.05) is 43.9 Å². The minimum atomic E-state index is -0.0980. The fraction of sp³-hybridized carbons (Fsp3) is 0.615. The SMILES string of the molecule is CC(C)Nc1nc(NCCOCCOCCNC(=O)c2ccccc2)nc(NC2CCCCCC2)n1. The van der Waals surface area contributed by atoms with Crippen molar-refractivity contribution in [2.75, 3.05) is 55.5 Å². The lowest BCUT2D eigenvalue weighted by Crippen LogP contribution is -2.27. The number of hydrogen-bond donors (Lipinski definition) is 4. The summed E-state index contributed by atoms with van der Waals surface area (Å²) in [4.78, 5) is 25.6. The van der Waals surface area contributed by atoms with Gasteiger partial charge in [0.2, 0.25) is 17.8 Å². The van der Waals surface area contributed by atoms with Crippen molar-refractivity contribution >= 4 is 23.8 Å². The Morgan fingerprint density at radius 1 is 0.861 bits per heavy atom. The van der Waals surface area contributed by atoms with E-state index in [1.54, 1.807) is 12.1 Å². The van der Waals surface area contributed by atoms with E-state index in [0.29, 0.717) is 69.0 Å². The number of carbonyl (C=O) groups excluding carboxylic acids is 1. The lowest BCUT2D eigenvalue weighted by molar-refractivity contribution is 0.0519. The molecule has 1 fully saturated rings. The summed E-state index contributed by atoms with van der Waals surface area (Å²) in [6.45, 7) is 7.02. The molecule has 198 valence electrons. The van der Waals surface area contributed by atoms with Crippen LogP contribution in [0.2, 0.25) is 0 Å². The maximum absolute atomic E-state index is 12.0. The van der Waals surface area contributed by atoms with Crippen LogP contribution < -0.4 is 21.3 Å². The van der Waals surface area contributed by atoms with E-state index in [4.69, 9.17) is 9.47 Å². The van der Waals surface area contributed by atoms with Gasteiger partial charge in [-0.25, -0.2) is 0 Å². The van der Waals surface area contributed by atoms with E-state index in [-0.39, 0.29) is 11.9 Å². The number of aromatic nitrogens is 3. The summed E-state index contributed by atoms with van der Waals surface area (Å²) in [7, 11) is 0. The van der Waals surface area contributed by atoms with Crippen LogP contribution in [-0.4, -0.2) is 72.5 Å². The van der Waals surface area contributed by atoms with E-state index >= 15 is 0 Å². The second kappa shape index (κ2) is 15.9. The average Bonchev–Trinajstić information content (AvgIpc) is 3.13. The van der Waals surface area contributed by atoms with Crippen LogP contribution >= 0.6 is 0 Å². The molecule has 1 amide bonds. The molecule has 0 radical (unpaired) electrons. The zero-order chi connectivity index (χ0) is 25.4. The van der Waals surface area contributed by atoms with Crippen molar-refractivity contribution in [2.24, 2.45) is 0 Å². The van der Waals surface area contributed by atoms with Gasteiger partial charge < -0.3 is 30.7 Å². The molecule has 36 heavy (non-hydrogen) atoms. The lowest BCUT2D eigenvalue weighted by Gasteiger charge is -2.18. The maximum atomic E-state index is 12.0. The third-order valence-corrected chi connectivity index (χ3v) is 5.71. The van der Waals surface area contributed by atoms with Gasteiger partial charge in [0.15, 0.2) is 0 Å². The Balaban J connectivity index is 1.31. The Morgan fingerprint density at radius 3 is 2.19 bits per heavy atom. The van der Waals surface area contributed by atoms with Crippen LogP contribution in [0.1, 0.15) is 62.7 Å². The summed E-state index contributed by atoms with van der Waals surface area (Å²) in [5.41, 5.74) is 0.644. The smallest absolute Gasteiger partial charge is 0.251 e. The van der Waals surface area contributed by atoms with Crippen molar-refractivity contribution in [1.29, 1.82) is 0 Å². The van der Waals surface area contributed by atoms with E-state index in [9.17, 15) is 4.79 Å². The Morgan fingerprint density at radius 2 is 1.50 bits per heavy atom. The number of hydrogen-bond acceptors (Lipinski definition) is 9. The highest BCUT2D eigenvalue weighted by atomic mass is 16.5. The number of rotatable bonds is 15. The van der Waals surface area contributed by atoms with Gasteiger partial charge in [-0.15, -0.1) is 0 Å². The van der Waals surface area contributed by atoms with Crippen LogP contribution in [0.25, 0.3) is 0 Å². The molecule has 0 atom stereocenters. The van der Waals surface area contributed by atoms with E-state index < -0.39 is 0 Å². The Labute approximate surface area is 214 Å². The first kappa shape index (κ1) is 27.6. The second-order valence-electron chi connectivity index (χ2n) is 9.21. The van der Waals surface area contributed by atoms with Crippen molar-refractivity contribution in [1.82, 2.24) is 20.3 Å². The highest BCUT2D eigenvalue weighted by Gasteiger charge is 2.15. The van der Waals surface area contributed by atoms with Gasteiger partial charge in [0.05, 0.1) is 26.4 Å². The van der Waals surface area contributed by atoms with Crippen LogP contribution in [0.3, 0.4) is 0 Å². The third kappa shape index (κ3) is 10.7. The number of anilines is 3. The molecular formula is C26H41N7O3. The molecule has 0 spiro atoms. The Hall–Kier alpha value is -2.98. The molecule has 1 aliphatic rings. The van der Waals surface area contributed by atoms with Crippen molar-refractivity contribution in [3.63, 3.8) is 0 Å².